The maximum Gasteiger partial charge on any atom is 0.220 e. The molecule has 12 unspecified atom stereocenters. The third kappa shape index (κ3) is 43.1. The standard InChI is InChI=1S/C75H135NO13/c1-3-5-7-9-11-13-15-17-19-21-23-25-27-29-31-33-34-36-38-40-42-44-46-48-50-52-54-56-58-64(79)63(62-86-74-72(85)70(83)73(66(61-78)88-74)89-75-71(84)69(82)68(81)65(60-77)87-75)76-67(80)59-57-55-53-51-49-47-45-43-41-39-37-35-32-30-28-26-24-22-20-18-16-14-12-10-8-6-4-2/h6,8,12,14,18,20,24,26,30,32,37,39,63-66,68-75,77-79,81-85H,3-5,7,9-11,13,15-17,19,21-23,25,27-29,31,33-36,38,40-62H2,1-2H3,(H,76,80)/b8-6-,14-12-,20-18-,26-24-,32-30-,39-37-. The van der Waals surface area contributed by atoms with Gasteiger partial charge in [0.1, 0.15) is 48.8 Å². The minimum Gasteiger partial charge on any atom is -0.394 e. The second kappa shape index (κ2) is 59.2. The zero-order valence-electron chi connectivity index (χ0n) is 56.4. The highest BCUT2D eigenvalue weighted by molar-refractivity contribution is 5.76. The van der Waals surface area contributed by atoms with Crippen LogP contribution in [-0.4, -0.2) is 140 Å². The molecule has 0 spiro atoms. The highest BCUT2D eigenvalue weighted by Gasteiger charge is 2.51. The Balaban J connectivity index is 1.66. The predicted molar refractivity (Wildman–Crippen MR) is 364 cm³/mol. The van der Waals surface area contributed by atoms with Gasteiger partial charge >= 0.3 is 0 Å². The van der Waals surface area contributed by atoms with Crippen LogP contribution in [0.15, 0.2) is 72.9 Å². The first-order chi connectivity index (χ1) is 43.6. The van der Waals surface area contributed by atoms with Crippen LogP contribution in [0, 0.1) is 0 Å². The molecule has 0 aromatic rings. The topological polar surface area (TPSA) is 228 Å². The number of aliphatic hydroxyl groups is 8. The lowest BCUT2D eigenvalue weighted by molar-refractivity contribution is -0.359. The number of aliphatic hydroxyl groups excluding tert-OH is 8. The molecule has 0 bridgehead atoms. The molecule has 518 valence electrons. The number of rotatable bonds is 60. The van der Waals surface area contributed by atoms with Crippen molar-refractivity contribution in [2.24, 2.45) is 0 Å². The van der Waals surface area contributed by atoms with Crippen molar-refractivity contribution in [3.63, 3.8) is 0 Å². The third-order valence-electron chi connectivity index (χ3n) is 17.7. The molecule has 2 saturated heterocycles. The van der Waals surface area contributed by atoms with Crippen molar-refractivity contribution < 1.29 is 64.6 Å². The van der Waals surface area contributed by atoms with E-state index in [1.165, 1.54) is 180 Å². The van der Waals surface area contributed by atoms with Crippen molar-refractivity contribution in [1.29, 1.82) is 0 Å². The Bertz CT molecular complexity index is 1770. The van der Waals surface area contributed by atoms with Gasteiger partial charge in [-0.25, -0.2) is 0 Å². The molecule has 14 heteroatoms. The number of nitrogens with one attached hydrogen (secondary N) is 1. The molecule has 2 aliphatic rings. The summed E-state index contributed by atoms with van der Waals surface area (Å²) in [6.45, 7) is 2.78. The Labute approximate surface area is 542 Å². The van der Waals surface area contributed by atoms with Gasteiger partial charge in [0.25, 0.3) is 0 Å². The highest BCUT2D eigenvalue weighted by atomic mass is 16.7. The summed E-state index contributed by atoms with van der Waals surface area (Å²) in [7, 11) is 0. The van der Waals surface area contributed by atoms with E-state index in [4.69, 9.17) is 18.9 Å². The normalized spacial score (nSPS) is 23.4. The number of amides is 1. The van der Waals surface area contributed by atoms with Crippen molar-refractivity contribution >= 4 is 5.91 Å². The molecule has 89 heavy (non-hydrogen) atoms. The van der Waals surface area contributed by atoms with Crippen LogP contribution >= 0.6 is 0 Å². The number of hydrogen-bond acceptors (Lipinski definition) is 13. The van der Waals surface area contributed by atoms with Gasteiger partial charge in [-0.05, 0) is 64.2 Å². The van der Waals surface area contributed by atoms with Gasteiger partial charge in [0, 0.05) is 6.42 Å². The van der Waals surface area contributed by atoms with Crippen LogP contribution in [0.2, 0.25) is 0 Å². The average Bonchev–Trinajstić information content (AvgIpc) is 2.75. The lowest BCUT2D eigenvalue weighted by Gasteiger charge is -2.46. The smallest absolute Gasteiger partial charge is 0.220 e. The van der Waals surface area contributed by atoms with Gasteiger partial charge < -0.3 is 65.1 Å². The van der Waals surface area contributed by atoms with E-state index in [0.717, 1.165) is 89.9 Å². The number of hydrogen-bond donors (Lipinski definition) is 9. The largest absolute Gasteiger partial charge is 0.394 e. The second-order valence-electron chi connectivity index (χ2n) is 25.7. The van der Waals surface area contributed by atoms with E-state index in [2.05, 4.69) is 92.1 Å². The Morgan fingerprint density at radius 1 is 0.416 bits per heavy atom. The van der Waals surface area contributed by atoms with Gasteiger partial charge in [0.15, 0.2) is 12.6 Å². The summed E-state index contributed by atoms with van der Waals surface area (Å²) in [6, 6.07) is -0.840. The van der Waals surface area contributed by atoms with Crippen molar-refractivity contribution in [3.8, 4) is 0 Å². The Morgan fingerprint density at radius 2 is 0.775 bits per heavy atom. The number of allylic oxidation sites excluding steroid dienone is 12. The summed E-state index contributed by atoms with van der Waals surface area (Å²) in [6.07, 6.45) is 63.4. The highest BCUT2D eigenvalue weighted by Crippen LogP contribution is 2.30. The summed E-state index contributed by atoms with van der Waals surface area (Å²) in [5, 5.41) is 87.7. The minimum atomic E-state index is -1.79. The van der Waals surface area contributed by atoms with Gasteiger partial charge in [0.05, 0.1) is 32.0 Å². The van der Waals surface area contributed by atoms with Crippen LogP contribution < -0.4 is 5.32 Å². The van der Waals surface area contributed by atoms with E-state index in [1.807, 2.05) is 0 Å². The fraction of sp³-hybridized carbons (Fsp3) is 0.827. The molecule has 2 heterocycles. The summed E-state index contributed by atoms with van der Waals surface area (Å²) in [5.41, 5.74) is 0. The fourth-order valence-corrected chi connectivity index (χ4v) is 11.9. The Hall–Kier alpha value is -2.57. The molecule has 2 aliphatic heterocycles. The van der Waals surface area contributed by atoms with Gasteiger partial charge in [-0.3, -0.25) is 4.79 Å². The Morgan fingerprint density at radius 3 is 1.19 bits per heavy atom. The molecule has 2 rings (SSSR count). The lowest BCUT2D eigenvalue weighted by Crippen LogP contribution is -2.65. The number of ether oxygens (including phenoxy) is 4. The van der Waals surface area contributed by atoms with E-state index in [9.17, 15) is 45.6 Å². The van der Waals surface area contributed by atoms with E-state index in [-0.39, 0.29) is 12.5 Å². The van der Waals surface area contributed by atoms with Gasteiger partial charge in [-0.1, -0.05) is 305 Å². The zero-order valence-corrected chi connectivity index (χ0v) is 56.4. The molecule has 9 N–H and O–H groups in total. The van der Waals surface area contributed by atoms with Crippen LogP contribution in [0.3, 0.4) is 0 Å². The van der Waals surface area contributed by atoms with E-state index in [0.29, 0.717) is 19.3 Å². The average molecular weight is 1260 g/mol. The molecule has 0 aliphatic carbocycles. The van der Waals surface area contributed by atoms with Gasteiger partial charge in [-0.15, -0.1) is 0 Å². The first kappa shape index (κ1) is 82.5. The summed E-state index contributed by atoms with van der Waals surface area (Å²) in [4.78, 5) is 13.4. The van der Waals surface area contributed by atoms with E-state index < -0.39 is 86.8 Å². The maximum atomic E-state index is 13.4. The van der Waals surface area contributed by atoms with Crippen LogP contribution in [0.25, 0.3) is 0 Å². The van der Waals surface area contributed by atoms with Crippen LogP contribution in [0.4, 0.5) is 0 Å². The molecule has 12 atom stereocenters. The molecule has 0 aromatic heterocycles. The molecule has 1 amide bonds. The van der Waals surface area contributed by atoms with Crippen LogP contribution in [0.1, 0.15) is 303 Å². The summed E-state index contributed by atoms with van der Waals surface area (Å²) in [5.74, 6) is -0.214. The molecule has 14 nitrogen and oxygen atoms in total. The van der Waals surface area contributed by atoms with Crippen molar-refractivity contribution in [3.05, 3.63) is 72.9 Å². The first-order valence-electron chi connectivity index (χ1n) is 36.7. The van der Waals surface area contributed by atoms with Crippen LogP contribution in [-0.2, 0) is 23.7 Å². The van der Waals surface area contributed by atoms with Crippen molar-refractivity contribution in [2.45, 2.75) is 376 Å². The van der Waals surface area contributed by atoms with Crippen molar-refractivity contribution in [2.75, 3.05) is 19.8 Å². The summed E-state index contributed by atoms with van der Waals surface area (Å²) < 4.78 is 22.9. The second-order valence-corrected chi connectivity index (χ2v) is 25.7. The predicted octanol–water partition coefficient (Wildman–Crippen LogP) is 15.4. The Kier molecular flexibility index (Phi) is 54.9. The monoisotopic (exact) mass is 1260 g/mol. The van der Waals surface area contributed by atoms with E-state index in [1.54, 1.807) is 0 Å². The third-order valence-corrected chi connectivity index (χ3v) is 17.7. The maximum absolute atomic E-state index is 13.4. The summed E-state index contributed by atoms with van der Waals surface area (Å²) >= 11 is 0. The molecular weight excluding hydrogens is 1120 g/mol. The molecule has 0 aromatic carbocycles. The molecule has 0 saturated carbocycles. The zero-order chi connectivity index (χ0) is 64.5. The van der Waals surface area contributed by atoms with Crippen molar-refractivity contribution in [1.82, 2.24) is 5.32 Å². The molecule has 0 radical (unpaired) electrons. The van der Waals surface area contributed by atoms with Crippen LogP contribution in [0.5, 0.6) is 0 Å². The van der Waals surface area contributed by atoms with Gasteiger partial charge in [0.2, 0.25) is 5.91 Å². The van der Waals surface area contributed by atoms with E-state index >= 15 is 0 Å². The SMILES string of the molecule is CC/C=C\C/C=C\C/C=C\C/C=C\C/C=C\C/C=C\CCCCCCCCCCC(=O)NC(COC1OC(CO)C(OC2OC(CO)C(O)C(O)C2O)C(O)C1O)C(O)CCCCCCCCCCCCCCCCCCCCCCCCCCCCCC. The quantitative estimate of drug-likeness (QED) is 0.0204. The minimum absolute atomic E-state index is 0.214. The molecular formula is C75H135NO13. The van der Waals surface area contributed by atoms with Gasteiger partial charge in [-0.2, -0.15) is 0 Å². The molecule has 2 fully saturated rings. The lowest BCUT2D eigenvalue weighted by atomic mass is 9.97. The number of carbonyl (C=O) groups excluding carboxylic acids is 1. The first-order valence-corrected chi connectivity index (χ1v) is 36.7. The number of unbranched alkanes of at least 4 members (excludes halogenated alkanes) is 35. The fourth-order valence-electron chi connectivity index (χ4n) is 11.9. The number of carbonyl (C=O) groups is 1.